The molecule has 1 aromatic rings. The van der Waals surface area contributed by atoms with Crippen molar-refractivity contribution in [3.8, 4) is 0 Å². The Morgan fingerprint density at radius 3 is 2.84 bits per heavy atom. The predicted molar refractivity (Wildman–Crippen MR) is 70.5 cm³/mol. The summed E-state index contributed by atoms with van der Waals surface area (Å²) in [6.07, 6.45) is 3.14. The third-order valence-electron chi connectivity index (χ3n) is 2.99. The maximum Gasteiger partial charge on any atom is 0.303 e. The van der Waals surface area contributed by atoms with E-state index in [1.165, 1.54) is 24.0 Å². The highest BCUT2D eigenvalue weighted by atomic mass is 35.5. The second-order valence-electron chi connectivity index (χ2n) is 4.59. The van der Waals surface area contributed by atoms with Crippen molar-refractivity contribution in [1.29, 1.82) is 0 Å². The number of carboxylic acids is 1. The molecule has 0 spiro atoms. The number of thioether (sulfide) groups is 1. The van der Waals surface area contributed by atoms with E-state index in [1.807, 2.05) is 0 Å². The lowest BCUT2D eigenvalue weighted by Gasteiger charge is -2.11. The number of nitro groups is 1. The first-order valence-electron chi connectivity index (χ1n) is 5.56. The molecule has 1 heterocycles. The zero-order valence-corrected chi connectivity index (χ0v) is 11.4. The SMILES string of the molecule is O=C(O)CC1(CSc2ncc(Cl)cc2[N+](=O)[O-])CC1. The van der Waals surface area contributed by atoms with Crippen LogP contribution in [0.5, 0.6) is 0 Å². The quantitative estimate of drug-likeness (QED) is 0.493. The van der Waals surface area contributed by atoms with Crippen LogP contribution >= 0.6 is 23.4 Å². The Kier molecular flexibility index (Phi) is 3.96. The van der Waals surface area contributed by atoms with Crippen LogP contribution in [0.1, 0.15) is 19.3 Å². The first kappa shape index (κ1) is 14.1. The molecule has 0 unspecified atom stereocenters. The Labute approximate surface area is 118 Å². The summed E-state index contributed by atoms with van der Waals surface area (Å²) in [5.74, 6) is -0.314. The summed E-state index contributed by atoms with van der Waals surface area (Å²) in [5, 5.41) is 20.2. The van der Waals surface area contributed by atoms with Gasteiger partial charge in [-0.3, -0.25) is 14.9 Å². The highest BCUT2D eigenvalue weighted by Crippen LogP contribution is 2.52. The summed E-state index contributed by atoms with van der Waals surface area (Å²) in [7, 11) is 0. The van der Waals surface area contributed by atoms with E-state index < -0.39 is 10.9 Å². The van der Waals surface area contributed by atoms with Gasteiger partial charge in [0.15, 0.2) is 5.03 Å². The molecule has 0 bridgehead atoms. The van der Waals surface area contributed by atoms with Gasteiger partial charge >= 0.3 is 11.7 Å². The minimum Gasteiger partial charge on any atom is -0.481 e. The summed E-state index contributed by atoms with van der Waals surface area (Å²) < 4.78 is 0. The molecule has 0 atom stereocenters. The second kappa shape index (κ2) is 5.34. The number of rotatable bonds is 6. The summed E-state index contributed by atoms with van der Waals surface area (Å²) in [4.78, 5) is 25.0. The minimum atomic E-state index is -0.836. The molecule has 8 heteroatoms. The molecule has 0 radical (unpaired) electrons. The number of halogens is 1. The van der Waals surface area contributed by atoms with E-state index in [0.29, 0.717) is 5.75 Å². The molecule has 19 heavy (non-hydrogen) atoms. The zero-order chi connectivity index (χ0) is 14.0. The fourth-order valence-corrected chi connectivity index (χ4v) is 3.14. The van der Waals surface area contributed by atoms with Crippen molar-refractivity contribution in [3.05, 3.63) is 27.4 Å². The van der Waals surface area contributed by atoms with Gasteiger partial charge < -0.3 is 5.11 Å². The number of carboxylic acid groups (broad SMARTS) is 1. The van der Waals surface area contributed by atoms with Crippen LogP contribution < -0.4 is 0 Å². The van der Waals surface area contributed by atoms with Crippen molar-refractivity contribution in [2.24, 2.45) is 5.41 Å². The average molecular weight is 303 g/mol. The fourth-order valence-electron chi connectivity index (χ4n) is 1.75. The number of carbonyl (C=O) groups is 1. The molecule has 1 aliphatic rings. The van der Waals surface area contributed by atoms with E-state index in [-0.39, 0.29) is 27.6 Å². The predicted octanol–water partition coefficient (Wildman–Crippen LogP) is 2.99. The maximum absolute atomic E-state index is 10.9. The van der Waals surface area contributed by atoms with Crippen LogP contribution in [-0.2, 0) is 4.79 Å². The largest absolute Gasteiger partial charge is 0.481 e. The Balaban J connectivity index is 2.08. The van der Waals surface area contributed by atoms with Crippen molar-refractivity contribution in [3.63, 3.8) is 0 Å². The molecule has 1 N–H and O–H groups in total. The van der Waals surface area contributed by atoms with E-state index in [2.05, 4.69) is 4.98 Å². The van der Waals surface area contributed by atoms with Gasteiger partial charge in [-0.25, -0.2) is 4.98 Å². The van der Waals surface area contributed by atoms with Crippen molar-refractivity contribution in [2.75, 3.05) is 5.75 Å². The van der Waals surface area contributed by atoms with E-state index in [4.69, 9.17) is 16.7 Å². The van der Waals surface area contributed by atoms with Crippen LogP contribution in [0.15, 0.2) is 17.3 Å². The fraction of sp³-hybridized carbons (Fsp3) is 0.455. The highest BCUT2D eigenvalue weighted by Gasteiger charge is 2.44. The molecule has 1 fully saturated rings. The van der Waals surface area contributed by atoms with Crippen LogP contribution in [-0.4, -0.2) is 26.7 Å². The van der Waals surface area contributed by atoms with E-state index >= 15 is 0 Å². The molecule has 6 nitrogen and oxygen atoms in total. The van der Waals surface area contributed by atoms with Gasteiger partial charge in [-0.05, 0) is 18.3 Å². The summed E-state index contributed by atoms with van der Waals surface area (Å²) in [6.45, 7) is 0. The lowest BCUT2D eigenvalue weighted by molar-refractivity contribution is -0.388. The first-order chi connectivity index (χ1) is 8.92. The van der Waals surface area contributed by atoms with Gasteiger partial charge in [0, 0.05) is 18.0 Å². The molecule has 2 rings (SSSR count). The Morgan fingerprint density at radius 1 is 1.63 bits per heavy atom. The third kappa shape index (κ3) is 3.57. The summed E-state index contributed by atoms with van der Waals surface area (Å²) >= 11 is 6.90. The lowest BCUT2D eigenvalue weighted by atomic mass is 10.1. The van der Waals surface area contributed by atoms with E-state index in [0.717, 1.165) is 12.8 Å². The molecule has 0 saturated heterocycles. The molecule has 0 aromatic carbocycles. The van der Waals surface area contributed by atoms with E-state index in [9.17, 15) is 14.9 Å². The molecular formula is C11H11ClN2O4S. The Bertz CT molecular complexity index is 533. The molecule has 0 amide bonds. The van der Waals surface area contributed by atoms with Gasteiger partial charge in [-0.2, -0.15) is 0 Å². The minimum absolute atomic E-state index is 0.0986. The van der Waals surface area contributed by atoms with Gasteiger partial charge in [0.25, 0.3) is 0 Å². The Morgan fingerprint density at radius 2 is 2.32 bits per heavy atom. The highest BCUT2D eigenvalue weighted by molar-refractivity contribution is 7.99. The van der Waals surface area contributed by atoms with Crippen LogP contribution in [0.25, 0.3) is 0 Å². The van der Waals surface area contributed by atoms with Crippen molar-refractivity contribution >= 4 is 35.0 Å². The lowest BCUT2D eigenvalue weighted by Crippen LogP contribution is -2.11. The Hall–Kier alpha value is -1.34. The van der Waals surface area contributed by atoms with Crippen LogP contribution in [0.2, 0.25) is 5.02 Å². The van der Waals surface area contributed by atoms with Crippen LogP contribution in [0.3, 0.4) is 0 Å². The zero-order valence-electron chi connectivity index (χ0n) is 9.84. The van der Waals surface area contributed by atoms with Crippen molar-refractivity contribution in [2.45, 2.75) is 24.3 Å². The first-order valence-corrected chi connectivity index (χ1v) is 6.93. The number of aromatic nitrogens is 1. The monoisotopic (exact) mass is 302 g/mol. The normalized spacial score (nSPS) is 16.1. The average Bonchev–Trinajstić information content (AvgIpc) is 3.06. The molecule has 1 aliphatic carbocycles. The van der Waals surface area contributed by atoms with Gasteiger partial charge in [-0.15, -0.1) is 0 Å². The smallest absolute Gasteiger partial charge is 0.303 e. The number of pyridine rings is 1. The molecular weight excluding hydrogens is 292 g/mol. The maximum atomic E-state index is 10.9. The second-order valence-corrected chi connectivity index (χ2v) is 5.99. The topological polar surface area (TPSA) is 93.3 Å². The number of aliphatic carboxylic acids is 1. The number of hydrogen-bond donors (Lipinski definition) is 1. The molecule has 1 aromatic heterocycles. The summed E-state index contributed by atoms with van der Waals surface area (Å²) in [6, 6.07) is 1.26. The van der Waals surface area contributed by atoms with Gasteiger partial charge in [0.1, 0.15) is 0 Å². The van der Waals surface area contributed by atoms with Crippen molar-refractivity contribution in [1.82, 2.24) is 4.98 Å². The molecule has 1 saturated carbocycles. The van der Waals surface area contributed by atoms with Crippen LogP contribution in [0, 0.1) is 15.5 Å². The molecule has 102 valence electrons. The van der Waals surface area contributed by atoms with Gasteiger partial charge in [0.2, 0.25) is 0 Å². The van der Waals surface area contributed by atoms with E-state index in [1.54, 1.807) is 0 Å². The third-order valence-corrected chi connectivity index (χ3v) is 4.55. The van der Waals surface area contributed by atoms with Gasteiger partial charge in [0.05, 0.1) is 16.4 Å². The molecule has 0 aliphatic heterocycles. The number of hydrogen-bond acceptors (Lipinski definition) is 5. The van der Waals surface area contributed by atoms with Crippen molar-refractivity contribution < 1.29 is 14.8 Å². The van der Waals surface area contributed by atoms with Crippen LogP contribution in [0.4, 0.5) is 5.69 Å². The summed E-state index contributed by atoms with van der Waals surface area (Å²) in [5.41, 5.74) is -0.366. The van der Waals surface area contributed by atoms with Gasteiger partial charge in [-0.1, -0.05) is 23.4 Å². The number of nitrogens with zero attached hydrogens (tertiary/aromatic N) is 2. The standard InChI is InChI=1S/C11H11ClN2O4S/c12-7-3-8(14(17)18)10(13-5-7)19-6-11(1-2-11)4-9(15)16/h3,5H,1-2,4,6H2,(H,15,16).